The molecule has 3 N–H and O–H groups in total. The Hall–Kier alpha value is -0.760. The molecule has 0 amide bonds. The molecule has 2 aromatic rings. The van der Waals surface area contributed by atoms with E-state index >= 15 is 0 Å². The van der Waals surface area contributed by atoms with Crippen molar-refractivity contribution in [2.24, 2.45) is 0 Å². The van der Waals surface area contributed by atoms with Gasteiger partial charge in [-0.2, -0.15) is 0 Å². The molecule has 0 aliphatic heterocycles. The summed E-state index contributed by atoms with van der Waals surface area (Å²) in [4.78, 5) is 0.0834. The molecule has 0 aliphatic rings. The molecular weight excluding hydrogens is 431 g/mol. The van der Waals surface area contributed by atoms with Crippen molar-refractivity contribution in [3.8, 4) is 0 Å². The molecule has 0 aliphatic carbocycles. The van der Waals surface area contributed by atoms with Crippen LogP contribution in [0.3, 0.4) is 0 Å². The first-order chi connectivity index (χ1) is 9.29. The second-order valence-electron chi connectivity index (χ2n) is 3.91. The largest absolute Gasteiger partial charge is 0.398 e. The lowest BCUT2D eigenvalue weighted by Gasteiger charge is -2.11. The fourth-order valence-electron chi connectivity index (χ4n) is 1.46. The molecule has 0 fully saturated rings. The Morgan fingerprint density at radius 2 is 1.75 bits per heavy atom. The fraction of sp³-hybridized carbons (Fsp3) is 0. The van der Waals surface area contributed by atoms with Gasteiger partial charge in [0, 0.05) is 19.7 Å². The smallest absolute Gasteiger partial charge is 0.262 e. The zero-order valence-electron chi connectivity index (χ0n) is 9.90. The van der Waals surface area contributed by atoms with Gasteiger partial charge in [-0.3, -0.25) is 4.72 Å². The van der Waals surface area contributed by atoms with E-state index in [2.05, 4.69) is 36.6 Å². The van der Waals surface area contributed by atoms with E-state index < -0.39 is 10.0 Å². The highest BCUT2D eigenvalue weighted by molar-refractivity contribution is 9.11. The van der Waals surface area contributed by atoms with E-state index in [1.54, 1.807) is 24.3 Å². The third-order valence-corrected chi connectivity index (χ3v) is 5.43. The monoisotopic (exact) mass is 438 g/mol. The van der Waals surface area contributed by atoms with Crippen LogP contribution in [-0.2, 0) is 10.0 Å². The lowest BCUT2D eigenvalue weighted by Crippen LogP contribution is -2.13. The highest BCUT2D eigenvalue weighted by Gasteiger charge is 2.16. The molecule has 0 unspecified atom stereocenters. The summed E-state index contributed by atoms with van der Waals surface area (Å²) in [6, 6.07) is 9.21. The van der Waals surface area contributed by atoms with Gasteiger partial charge in [0.1, 0.15) is 0 Å². The molecule has 2 aromatic carbocycles. The number of nitrogens with two attached hydrogens (primary N) is 1. The number of nitrogens with one attached hydrogen (secondary N) is 1. The van der Waals surface area contributed by atoms with Crippen LogP contribution in [0.25, 0.3) is 0 Å². The molecule has 20 heavy (non-hydrogen) atoms. The van der Waals surface area contributed by atoms with Crippen LogP contribution >= 0.6 is 43.5 Å². The van der Waals surface area contributed by atoms with Crippen LogP contribution in [0, 0.1) is 0 Å². The van der Waals surface area contributed by atoms with E-state index in [1.165, 1.54) is 12.1 Å². The van der Waals surface area contributed by atoms with E-state index in [0.29, 0.717) is 25.3 Å². The second-order valence-corrected chi connectivity index (χ2v) is 7.74. The first-order valence-electron chi connectivity index (χ1n) is 5.32. The van der Waals surface area contributed by atoms with Gasteiger partial charge in [-0.15, -0.1) is 0 Å². The molecular formula is C12H9Br2ClN2O2S. The molecule has 0 radical (unpaired) electrons. The standard InChI is InChI=1S/C12H9Br2ClN2O2S/c13-9-3-2-8(6-11(9)16)20(18,19)17-12-4-1-7(15)5-10(12)14/h1-6,17H,16H2. The average molecular weight is 441 g/mol. The minimum Gasteiger partial charge on any atom is -0.398 e. The van der Waals surface area contributed by atoms with Crippen molar-refractivity contribution >= 4 is 64.9 Å². The SMILES string of the molecule is Nc1cc(S(=O)(=O)Nc2ccc(Cl)cc2Br)ccc1Br. The van der Waals surface area contributed by atoms with E-state index in [1.807, 2.05) is 0 Å². The fourth-order valence-corrected chi connectivity index (χ4v) is 3.74. The van der Waals surface area contributed by atoms with Crippen molar-refractivity contribution in [2.45, 2.75) is 4.90 Å². The van der Waals surface area contributed by atoms with Crippen LogP contribution in [0.15, 0.2) is 50.2 Å². The van der Waals surface area contributed by atoms with E-state index in [9.17, 15) is 8.42 Å². The summed E-state index contributed by atoms with van der Waals surface area (Å²) < 4.78 is 28.2. The molecule has 0 atom stereocenters. The van der Waals surface area contributed by atoms with Gasteiger partial charge in [-0.25, -0.2) is 8.42 Å². The number of benzene rings is 2. The third-order valence-electron chi connectivity index (χ3n) is 2.45. The predicted molar refractivity (Wildman–Crippen MR) is 88.5 cm³/mol. The molecule has 2 rings (SSSR count). The van der Waals surface area contributed by atoms with Gasteiger partial charge >= 0.3 is 0 Å². The Labute approximate surface area is 138 Å². The maximum Gasteiger partial charge on any atom is 0.262 e. The lowest BCUT2D eigenvalue weighted by atomic mass is 10.3. The highest BCUT2D eigenvalue weighted by Crippen LogP contribution is 2.29. The van der Waals surface area contributed by atoms with Crippen molar-refractivity contribution in [1.82, 2.24) is 0 Å². The lowest BCUT2D eigenvalue weighted by molar-refractivity contribution is 0.601. The highest BCUT2D eigenvalue weighted by atomic mass is 79.9. The molecule has 106 valence electrons. The number of halogens is 3. The Balaban J connectivity index is 2.38. The van der Waals surface area contributed by atoms with Crippen LogP contribution in [0.5, 0.6) is 0 Å². The minimum absolute atomic E-state index is 0.0834. The average Bonchev–Trinajstić information content (AvgIpc) is 2.36. The number of hydrogen-bond donors (Lipinski definition) is 2. The number of rotatable bonds is 3. The topological polar surface area (TPSA) is 72.2 Å². The van der Waals surface area contributed by atoms with Crippen molar-refractivity contribution in [2.75, 3.05) is 10.5 Å². The first kappa shape index (κ1) is 15.6. The van der Waals surface area contributed by atoms with Crippen LogP contribution in [0.1, 0.15) is 0 Å². The van der Waals surface area contributed by atoms with Crippen molar-refractivity contribution in [3.63, 3.8) is 0 Å². The summed E-state index contributed by atoms with van der Waals surface area (Å²) in [5.74, 6) is 0. The summed E-state index contributed by atoms with van der Waals surface area (Å²) in [7, 11) is -3.71. The van der Waals surface area contributed by atoms with E-state index in [0.717, 1.165) is 0 Å². The molecule has 0 saturated heterocycles. The zero-order chi connectivity index (χ0) is 14.9. The molecule has 0 bridgehead atoms. The first-order valence-corrected chi connectivity index (χ1v) is 8.77. The Morgan fingerprint density at radius 1 is 1.05 bits per heavy atom. The van der Waals surface area contributed by atoms with Crippen LogP contribution in [-0.4, -0.2) is 8.42 Å². The molecule has 0 saturated carbocycles. The van der Waals surface area contributed by atoms with Crippen molar-refractivity contribution < 1.29 is 8.42 Å². The number of sulfonamides is 1. The second kappa shape index (κ2) is 5.93. The Morgan fingerprint density at radius 3 is 2.35 bits per heavy atom. The van der Waals surface area contributed by atoms with E-state index in [-0.39, 0.29) is 4.90 Å². The van der Waals surface area contributed by atoms with Crippen molar-refractivity contribution in [3.05, 3.63) is 50.4 Å². The third kappa shape index (κ3) is 3.46. The summed E-state index contributed by atoms with van der Waals surface area (Å²) >= 11 is 12.3. The van der Waals surface area contributed by atoms with Gasteiger partial charge < -0.3 is 5.73 Å². The molecule has 0 heterocycles. The minimum atomic E-state index is -3.71. The van der Waals surface area contributed by atoms with Gasteiger partial charge in [-0.05, 0) is 68.3 Å². The van der Waals surface area contributed by atoms with Crippen molar-refractivity contribution in [1.29, 1.82) is 0 Å². The maximum absolute atomic E-state index is 12.3. The zero-order valence-corrected chi connectivity index (χ0v) is 14.6. The molecule has 0 spiro atoms. The molecule has 4 nitrogen and oxygen atoms in total. The molecule has 0 aromatic heterocycles. The van der Waals surface area contributed by atoms with Gasteiger partial charge in [-0.1, -0.05) is 11.6 Å². The number of hydrogen-bond acceptors (Lipinski definition) is 3. The van der Waals surface area contributed by atoms with Gasteiger partial charge in [0.2, 0.25) is 0 Å². The van der Waals surface area contributed by atoms with Gasteiger partial charge in [0.05, 0.1) is 10.6 Å². The number of nitrogen functional groups attached to an aromatic ring is 1. The number of anilines is 2. The normalized spacial score (nSPS) is 11.3. The van der Waals surface area contributed by atoms with Crippen LogP contribution < -0.4 is 10.5 Å². The quantitative estimate of drug-likeness (QED) is 0.701. The molecule has 8 heteroatoms. The van der Waals surface area contributed by atoms with Gasteiger partial charge in [0.15, 0.2) is 0 Å². The summed E-state index contributed by atoms with van der Waals surface area (Å²) in [6.45, 7) is 0. The van der Waals surface area contributed by atoms with Gasteiger partial charge in [0.25, 0.3) is 10.0 Å². The summed E-state index contributed by atoms with van der Waals surface area (Å²) in [5.41, 5.74) is 6.44. The van der Waals surface area contributed by atoms with Crippen LogP contribution in [0.2, 0.25) is 5.02 Å². The Bertz CT molecular complexity index is 766. The van der Waals surface area contributed by atoms with E-state index in [4.69, 9.17) is 17.3 Å². The summed E-state index contributed by atoms with van der Waals surface area (Å²) in [5, 5.41) is 0.507. The Kier molecular flexibility index (Phi) is 4.63. The predicted octanol–water partition coefficient (Wildman–Crippen LogP) is 4.25. The maximum atomic E-state index is 12.3. The summed E-state index contributed by atoms with van der Waals surface area (Å²) in [6.07, 6.45) is 0. The van der Waals surface area contributed by atoms with Crippen LogP contribution in [0.4, 0.5) is 11.4 Å².